The molecule has 7 heteroatoms. The highest BCUT2D eigenvalue weighted by Crippen LogP contribution is 2.31. The lowest BCUT2D eigenvalue weighted by Gasteiger charge is -2.14. The van der Waals surface area contributed by atoms with Gasteiger partial charge in [-0.2, -0.15) is 5.10 Å². The maximum atomic E-state index is 12.5. The summed E-state index contributed by atoms with van der Waals surface area (Å²) >= 11 is 0. The largest absolute Gasteiger partial charge is 0.348 e. The van der Waals surface area contributed by atoms with E-state index in [1.807, 2.05) is 19.1 Å². The molecule has 1 aromatic carbocycles. The number of aromatic nitrogens is 2. The molecule has 0 bridgehead atoms. The van der Waals surface area contributed by atoms with Crippen molar-refractivity contribution in [1.82, 2.24) is 15.1 Å². The molecule has 1 aliphatic carbocycles. The van der Waals surface area contributed by atoms with E-state index in [2.05, 4.69) is 23.4 Å². The Balaban J connectivity index is 1.75. The molecule has 0 spiro atoms. The lowest BCUT2D eigenvalue weighted by Crippen LogP contribution is -2.26. The Bertz CT molecular complexity index is 974. The normalized spacial score (nSPS) is 21.7. The summed E-state index contributed by atoms with van der Waals surface area (Å²) < 4.78 is 25.6. The van der Waals surface area contributed by atoms with Crippen LogP contribution in [0.1, 0.15) is 46.9 Å². The fourth-order valence-electron chi connectivity index (χ4n) is 3.36. The highest BCUT2D eigenvalue weighted by Gasteiger charge is 2.33. The van der Waals surface area contributed by atoms with Crippen molar-refractivity contribution < 1.29 is 13.2 Å². The van der Waals surface area contributed by atoms with Crippen LogP contribution >= 0.6 is 0 Å². The maximum absolute atomic E-state index is 12.5. The second-order valence-electron chi connectivity index (χ2n) is 7.46. The van der Waals surface area contributed by atoms with Gasteiger partial charge < -0.3 is 5.32 Å². The predicted octanol–water partition coefficient (Wildman–Crippen LogP) is 2.42. The van der Waals surface area contributed by atoms with E-state index >= 15 is 0 Å². The molecule has 1 atom stereocenters. The molecule has 0 unspecified atom stereocenters. The number of hydrogen-bond acceptors (Lipinski definition) is 4. The number of sulfone groups is 1. The number of benzene rings is 1. The van der Waals surface area contributed by atoms with Crippen LogP contribution in [0.3, 0.4) is 0 Å². The van der Waals surface area contributed by atoms with Crippen molar-refractivity contribution >= 4 is 15.7 Å². The first-order chi connectivity index (χ1) is 12.3. The van der Waals surface area contributed by atoms with Gasteiger partial charge in [0.1, 0.15) is 0 Å². The number of nitrogens with one attached hydrogen (secondary N) is 1. The molecule has 6 nitrogen and oxygen atoms in total. The van der Waals surface area contributed by atoms with Crippen LogP contribution in [-0.2, 0) is 9.84 Å². The van der Waals surface area contributed by atoms with Crippen molar-refractivity contribution in [2.75, 3.05) is 11.5 Å². The van der Waals surface area contributed by atoms with Crippen LogP contribution in [0.25, 0.3) is 11.3 Å². The third-order valence-electron chi connectivity index (χ3n) is 5.24. The van der Waals surface area contributed by atoms with E-state index in [9.17, 15) is 13.2 Å². The van der Waals surface area contributed by atoms with Gasteiger partial charge in [-0.25, -0.2) is 8.42 Å². The van der Waals surface area contributed by atoms with E-state index in [1.54, 1.807) is 10.7 Å². The molecule has 1 saturated heterocycles. The number of rotatable bonds is 4. The molecule has 1 aromatic heterocycles. The molecule has 1 aliphatic heterocycles. The third kappa shape index (κ3) is 3.40. The van der Waals surface area contributed by atoms with Crippen LogP contribution in [0.2, 0.25) is 0 Å². The Hall–Kier alpha value is -2.15. The Morgan fingerprint density at radius 1 is 1.15 bits per heavy atom. The highest BCUT2D eigenvalue weighted by molar-refractivity contribution is 7.91. The van der Waals surface area contributed by atoms with Gasteiger partial charge >= 0.3 is 0 Å². The lowest BCUT2D eigenvalue weighted by atomic mass is 10.0. The van der Waals surface area contributed by atoms with Crippen LogP contribution in [0.4, 0.5) is 0 Å². The number of carbonyl (C=O) groups is 1. The smallest absolute Gasteiger partial charge is 0.272 e. The topological polar surface area (TPSA) is 81.1 Å². The fraction of sp³-hybridized carbons (Fsp3) is 0.474. The average Bonchev–Trinajstić information content (AvgIpc) is 3.15. The van der Waals surface area contributed by atoms with Gasteiger partial charge in [-0.3, -0.25) is 9.48 Å². The first kappa shape index (κ1) is 17.3. The van der Waals surface area contributed by atoms with Crippen LogP contribution in [0.5, 0.6) is 0 Å². The zero-order valence-electron chi connectivity index (χ0n) is 15.0. The number of amides is 1. The molecule has 2 aliphatic rings. The minimum atomic E-state index is -3.04. The summed E-state index contributed by atoms with van der Waals surface area (Å²) in [5.41, 5.74) is 4.45. The minimum Gasteiger partial charge on any atom is -0.348 e. The summed E-state index contributed by atoms with van der Waals surface area (Å²) in [4.78, 5) is 12.5. The van der Waals surface area contributed by atoms with Crippen molar-refractivity contribution in [3.05, 3.63) is 41.1 Å². The second kappa shape index (κ2) is 6.23. The summed E-state index contributed by atoms with van der Waals surface area (Å²) in [6, 6.07) is 7.92. The Kier molecular flexibility index (Phi) is 4.14. The standard InChI is InChI=1S/C19H23N3O3S/c1-12-3-4-14(9-13(12)2)18-10-17(19(23)20-15-5-6-15)21-22(18)16-7-8-26(24,25)11-16/h3-4,9-10,15-16H,5-8,11H2,1-2H3,(H,20,23)/t16-/m0/s1. The van der Waals surface area contributed by atoms with Gasteiger partial charge in [-0.15, -0.1) is 0 Å². The van der Waals surface area contributed by atoms with E-state index in [0.717, 1.165) is 29.7 Å². The molecule has 138 valence electrons. The summed E-state index contributed by atoms with van der Waals surface area (Å²) in [5.74, 6) is 0.0705. The van der Waals surface area contributed by atoms with Gasteiger partial charge in [-0.1, -0.05) is 12.1 Å². The van der Waals surface area contributed by atoms with Crippen LogP contribution < -0.4 is 5.32 Å². The molecule has 2 aromatic rings. The third-order valence-corrected chi connectivity index (χ3v) is 6.99. The van der Waals surface area contributed by atoms with Gasteiger partial charge in [0, 0.05) is 11.6 Å². The monoisotopic (exact) mass is 373 g/mol. The Morgan fingerprint density at radius 2 is 1.92 bits per heavy atom. The van der Waals surface area contributed by atoms with Crippen molar-refractivity contribution in [2.24, 2.45) is 0 Å². The summed E-state index contributed by atoms with van der Waals surface area (Å²) in [6.07, 6.45) is 2.56. The summed E-state index contributed by atoms with van der Waals surface area (Å²) in [7, 11) is -3.04. The van der Waals surface area contributed by atoms with Gasteiger partial charge in [-0.05, 0) is 56.4 Å². The molecule has 4 rings (SSSR count). The first-order valence-electron chi connectivity index (χ1n) is 9.01. The zero-order valence-corrected chi connectivity index (χ0v) is 15.8. The van der Waals surface area contributed by atoms with Crippen LogP contribution in [0, 0.1) is 13.8 Å². The highest BCUT2D eigenvalue weighted by atomic mass is 32.2. The van der Waals surface area contributed by atoms with Crippen LogP contribution in [-0.4, -0.2) is 41.7 Å². The first-order valence-corrected chi connectivity index (χ1v) is 10.8. The number of aryl methyl sites for hydroxylation is 2. The second-order valence-corrected chi connectivity index (χ2v) is 9.69. The Labute approximate surface area is 153 Å². The molecule has 2 heterocycles. The maximum Gasteiger partial charge on any atom is 0.272 e. The van der Waals surface area contributed by atoms with Crippen molar-refractivity contribution in [2.45, 2.75) is 45.2 Å². The number of carbonyl (C=O) groups excluding carboxylic acids is 1. The van der Waals surface area contributed by atoms with Gasteiger partial charge in [0.15, 0.2) is 15.5 Å². The van der Waals surface area contributed by atoms with Crippen molar-refractivity contribution in [3.63, 3.8) is 0 Å². The van der Waals surface area contributed by atoms with Crippen LogP contribution in [0.15, 0.2) is 24.3 Å². The van der Waals surface area contributed by atoms with Crippen molar-refractivity contribution in [3.8, 4) is 11.3 Å². The predicted molar refractivity (Wildman–Crippen MR) is 99.9 cm³/mol. The summed E-state index contributed by atoms with van der Waals surface area (Å²) in [5, 5.41) is 7.46. The minimum absolute atomic E-state index is 0.0796. The van der Waals surface area contributed by atoms with E-state index in [-0.39, 0.29) is 29.5 Å². The molecule has 0 radical (unpaired) electrons. The fourth-order valence-corrected chi connectivity index (χ4v) is 5.05. The molecule has 1 N–H and O–H groups in total. The van der Waals surface area contributed by atoms with Gasteiger partial charge in [0.25, 0.3) is 5.91 Å². The Morgan fingerprint density at radius 3 is 2.54 bits per heavy atom. The molecular formula is C19H23N3O3S. The molecular weight excluding hydrogens is 350 g/mol. The van der Waals surface area contributed by atoms with E-state index in [0.29, 0.717) is 12.1 Å². The zero-order chi connectivity index (χ0) is 18.5. The van der Waals surface area contributed by atoms with E-state index < -0.39 is 9.84 Å². The quantitative estimate of drug-likeness (QED) is 0.892. The van der Waals surface area contributed by atoms with Gasteiger partial charge in [0.05, 0.1) is 23.2 Å². The van der Waals surface area contributed by atoms with Crippen molar-refractivity contribution in [1.29, 1.82) is 0 Å². The average molecular weight is 373 g/mol. The SMILES string of the molecule is Cc1ccc(-c2cc(C(=O)NC3CC3)nn2[C@H]2CCS(=O)(=O)C2)cc1C. The lowest BCUT2D eigenvalue weighted by molar-refractivity contribution is 0.0945. The van der Waals surface area contributed by atoms with E-state index in [4.69, 9.17) is 0 Å². The molecule has 1 amide bonds. The molecule has 2 fully saturated rings. The number of nitrogens with zero attached hydrogens (tertiary/aromatic N) is 2. The number of hydrogen-bond donors (Lipinski definition) is 1. The molecule has 26 heavy (non-hydrogen) atoms. The molecule has 1 saturated carbocycles. The van der Waals surface area contributed by atoms with E-state index in [1.165, 1.54) is 5.56 Å². The summed E-state index contributed by atoms with van der Waals surface area (Å²) in [6.45, 7) is 4.09. The van der Waals surface area contributed by atoms with Gasteiger partial charge in [0.2, 0.25) is 0 Å².